The average Bonchev–Trinajstić information content (AvgIpc) is 2.49. The maximum atomic E-state index is 12.8. The number of hydrogen-bond donors (Lipinski definition) is 2. The van der Waals surface area contributed by atoms with Crippen LogP contribution in [-0.2, 0) is 11.2 Å². The molecular weight excluding hydrogens is 315 g/mol. The van der Waals surface area contributed by atoms with E-state index in [2.05, 4.69) is 0 Å². The Morgan fingerprint density at radius 2 is 1.42 bits per heavy atom. The summed E-state index contributed by atoms with van der Waals surface area (Å²) < 4.78 is 12.8. The van der Waals surface area contributed by atoms with Crippen molar-refractivity contribution in [3.05, 3.63) is 70.5 Å². The predicted octanol–water partition coefficient (Wildman–Crippen LogP) is 3.35. The number of carbonyl (C=O) groups is 3. The molecule has 0 saturated carbocycles. The molecule has 5 nitrogen and oxygen atoms in total. The van der Waals surface area contributed by atoms with Gasteiger partial charge in [0.25, 0.3) is 0 Å². The Morgan fingerprint density at radius 1 is 0.917 bits per heavy atom. The van der Waals surface area contributed by atoms with E-state index in [4.69, 9.17) is 10.2 Å². The van der Waals surface area contributed by atoms with Gasteiger partial charge in [-0.1, -0.05) is 24.3 Å². The predicted molar refractivity (Wildman–Crippen MR) is 85.9 cm³/mol. The third-order valence-corrected chi connectivity index (χ3v) is 3.19. The van der Waals surface area contributed by atoms with Crippen molar-refractivity contribution in [3.63, 3.8) is 0 Å². The monoisotopic (exact) mass is 332 g/mol. The second kappa shape index (κ2) is 8.57. The number of carboxylic acids is 2. The van der Waals surface area contributed by atoms with Crippen LogP contribution in [0.2, 0.25) is 0 Å². The molecule has 6 heteroatoms. The highest BCUT2D eigenvalue weighted by Crippen LogP contribution is 2.13. The number of Topliss-reactive ketones (excluding diaryl/α,β-unsaturated/α-hetero) is 1. The van der Waals surface area contributed by atoms with Crippen molar-refractivity contribution in [3.8, 4) is 0 Å². The standard InChI is InChI=1S/C9H9FO.C9H8O4/c1-7(11)6-8-4-2-3-5-9(8)10;1-5-6(8(10)11)3-2-4-7(5)9(12)13/h2-5H,6H2,1H3;2-4H,1H3,(H,10,11)(H,12,13). The SMILES string of the molecule is CC(=O)Cc1ccccc1F.Cc1c(C(=O)O)cccc1C(=O)O. The van der Waals surface area contributed by atoms with E-state index < -0.39 is 11.9 Å². The summed E-state index contributed by atoms with van der Waals surface area (Å²) in [4.78, 5) is 31.8. The fraction of sp³-hybridized carbons (Fsp3) is 0.167. The number of benzene rings is 2. The highest BCUT2D eigenvalue weighted by Gasteiger charge is 2.13. The third kappa shape index (κ3) is 5.31. The zero-order valence-corrected chi connectivity index (χ0v) is 13.2. The molecule has 0 atom stereocenters. The maximum absolute atomic E-state index is 12.8. The van der Waals surface area contributed by atoms with E-state index in [0.717, 1.165) is 0 Å². The van der Waals surface area contributed by atoms with Gasteiger partial charge in [-0.05, 0) is 43.2 Å². The molecule has 0 heterocycles. The molecule has 126 valence electrons. The fourth-order valence-corrected chi connectivity index (χ4v) is 2.01. The van der Waals surface area contributed by atoms with Crippen LogP contribution in [0.1, 0.15) is 38.8 Å². The molecule has 2 rings (SSSR count). The molecule has 0 amide bonds. The minimum atomic E-state index is -1.11. The summed E-state index contributed by atoms with van der Waals surface area (Å²) >= 11 is 0. The summed E-state index contributed by atoms with van der Waals surface area (Å²) in [6, 6.07) is 10.5. The normalized spacial score (nSPS) is 9.62. The maximum Gasteiger partial charge on any atom is 0.335 e. The van der Waals surface area contributed by atoms with E-state index in [9.17, 15) is 18.8 Å². The number of hydrogen-bond acceptors (Lipinski definition) is 3. The zero-order valence-electron chi connectivity index (χ0n) is 13.2. The summed E-state index contributed by atoms with van der Waals surface area (Å²) in [5.74, 6) is -2.54. The Hall–Kier alpha value is -3.02. The van der Waals surface area contributed by atoms with Gasteiger partial charge in [-0.2, -0.15) is 0 Å². The molecule has 24 heavy (non-hydrogen) atoms. The van der Waals surface area contributed by atoms with Crippen LogP contribution in [0.5, 0.6) is 0 Å². The van der Waals surface area contributed by atoms with Crippen LogP contribution in [0.15, 0.2) is 42.5 Å². The second-order valence-corrected chi connectivity index (χ2v) is 5.06. The number of aromatic carboxylic acids is 2. The van der Waals surface area contributed by atoms with Gasteiger partial charge in [0.15, 0.2) is 0 Å². The highest BCUT2D eigenvalue weighted by molar-refractivity contribution is 5.96. The molecule has 0 aliphatic carbocycles. The zero-order chi connectivity index (χ0) is 18.3. The molecule has 0 saturated heterocycles. The number of carbonyl (C=O) groups excluding carboxylic acids is 1. The van der Waals surface area contributed by atoms with Crippen LogP contribution in [0.3, 0.4) is 0 Å². The average molecular weight is 332 g/mol. The number of halogens is 1. The first kappa shape index (κ1) is 19.0. The molecule has 2 aromatic carbocycles. The lowest BCUT2D eigenvalue weighted by molar-refractivity contribution is -0.116. The molecule has 0 radical (unpaired) electrons. The van der Waals surface area contributed by atoms with Crippen molar-refractivity contribution >= 4 is 17.7 Å². The van der Waals surface area contributed by atoms with Crippen molar-refractivity contribution in [2.75, 3.05) is 0 Å². The van der Waals surface area contributed by atoms with Crippen molar-refractivity contribution in [1.82, 2.24) is 0 Å². The summed E-state index contributed by atoms with van der Waals surface area (Å²) in [6.07, 6.45) is 0.187. The van der Waals surface area contributed by atoms with E-state index >= 15 is 0 Å². The van der Waals surface area contributed by atoms with Crippen molar-refractivity contribution in [2.24, 2.45) is 0 Å². The first-order valence-corrected chi connectivity index (χ1v) is 7.03. The molecule has 0 aliphatic heterocycles. The molecule has 2 N–H and O–H groups in total. The van der Waals surface area contributed by atoms with Gasteiger partial charge in [-0.25, -0.2) is 14.0 Å². The first-order valence-electron chi connectivity index (χ1n) is 7.03. The Kier molecular flexibility index (Phi) is 6.79. The Morgan fingerprint density at radius 3 is 1.83 bits per heavy atom. The lowest BCUT2D eigenvalue weighted by Crippen LogP contribution is -2.06. The van der Waals surface area contributed by atoms with Crippen LogP contribution in [-0.4, -0.2) is 27.9 Å². The van der Waals surface area contributed by atoms with E-state index in [1.54, 1.807) is 18.2 Å². The smallest absolute Gasteiger partial charge is 0.335 e. The van der Waals surface area contributed by atoms with Gasteiger partial charge in [0.2, 0.25) is 0 Å². The molecule has 0 aromatic heterocycles. The molecule has 0 aliphatic rings. The molecule has 0 unspecified atom stereocenters. The van der Waals surface area contributed by atoms with Gasteiger partial charge in [-0.3, -0.25) is 4.79 Å². The Labute approximate surface area is 138 Å². The summed E-state index contributed by atoms with van der Waals surface area (Å²) in [5, 5.41) is 17.4. The van der Waals surface area contributed by atoms with Crippen LogP contribution >= 0.6 is 0 Å². The van der Waals surface area contributed by atoms with Crippen LogP contribution in [0.25, 0.3) is 0 Å². The van der Waals surface area contributed by atoms with E-state index in [1.807, 2.05) is 0 Å². The Bertz CT molecular complexity index is 736. The quantitative estimate of drug-likeness (QED) is 0.896. The minimum Gasteiger partial charge on any atom is -0.478 e. The molecule has 0 spiro atoms. The molecule has 2 aromatic rings. The second-order valence-electron chi connectivity index (χ2n) is 5.06. The van der Waals surface area contributed by atoms with Crippen LogP contribution in [0.4, 0.5) is 4.39 Å². The number of carboxylic acid groups (broad SMARTS) is 2. The third-order valence-electron chi connectivity index (χ3n) is 3.19. The van der Waals surface area contributed by atoms with Crippen molar-refractivity contribution in [2.45, 2.75) is 20.3 Å². The van der Waals surface area contributed by atoms with Gasteiger partial charge in [0.1, 0.15) is 11.6 Å². The molecule has 0 fully saturated rings. The fourth-order valence-electron chi connectivity index (χ4n) is 2.01. The summed E-state index contributed by atoms with van der Waals surface area (Å²) in [7, 11) is 0. The molecule has 0 bridgehead atoms. The minimum absolute atomic E-state index is 0.0184. The number of rotatable bonds is 4. The lowest BCUT2D eigenvalue weighted by Gasteiger charge is -2.03. The van der Waals surface area contributed by atoms with Gasteiger partial charge < -0.3 is 10.2 Å². The first-order chi connectivity index (χ1) is 11.2. The van der Waals surface area contributed by atoms with E-state index in [-0.39, 0.29) is 34.7 Å². The van der Waals surface area contributed by atoms with Gasteiger partial charge in [0, 0.05) is 6.42 Å². The van der Waals surface area contributed by atoms with Crippen LogP contribution in [0, 0.1) is 12.7 Å². The van der Waals surface area contributed by atoms with Gasteiger partial charge >= 0.3 is 11.9 Å². The largest absolute Gasteiger partial charge is 0.478 e. The molecular formula is C18H17FO5. The topological polar surface area (TPSA) is 91.7 Å². The van der Waals surface area contributed by atoms with Gasteiger partial charge in [-0.15, -0.1) is 0 Å². The van der Waals surface area contributed by atoms with Crippen molar-refractivity contribution in [1.29, 1.82) is 0 Å². The van der Waals surface area contributed by atoms with E-state index in [1.165, 1.54) is 38.1 Å². The highest BCUT2D eigenvalue weighted by atomic mass is 19.1. The van der Waals surface area contributed by atoms with Gasteiger partial charge in [0.05, 0.1) is 11.1 Å². The summed E-state index contributed by atoms with van der Waals surface area (Å²) in [5.41, 5.74) is 0.808. The lowest BCUT2D eigenvalue weighted by atomic mass is 10.0. The van der Waals surface area contributed by atoms with Crippen molar-refractivity contribution < 1.29 is 29.0 Å². The Balaban J connectivity index is 0.000000243. The van der Waals surface area contributed by atoms with E-state index in [0.29, 0.717) is 5.56 Å². The number of ketones is 1. The van der Waals surface area contributed by atoms with Crippen LogP contribution < -0.4 is 0 Å². The summed E-state index contributed by atoms with van der Waals surface area (Å²) in [6.45, 7) is 2.93.